The van der Waals surface area contributed by atoms with Gasteiger partial charge in [-0.25, -0.2) is 8.78 Å². The Hall–Kier alpha value is -1.09. The number of alkyl halides is 7. The molecule has 0 bridgehead atoms. The lowest BCUT2D eigenvalue weighted by Gasteiger charge is -2.15. The number of halogens is 9. The Labute approximate surface area is 82.5 Å². The quantitative estimate of drug-likeness (QED) is 0.555. The summed E-state index contributed by atoms with van der Waals surface area (Å²) in [6.45, 7) is -2.40. The Morgan fingerprint density at radius 2 is 1.44 bits per heavy atom. The highest BCUT2D eigenvalue weighted by Crippen LogP contribution is 2.31. The van der Waals surface area contributed by atoms with Crippen LogP contribution in [0.2, 0.25) is 0 Å². The van der Waals surface area contributed by atoms with Gasteiger partial charge in [0.25, 0.3) is 5.83 Å². The second-order valence-electron chi connectivity index (χ2n) is 2.44. The molecule has 0 amide bonds. The molecule has 0 radical (unpaired) electrons. The summed E-state index contributed by atoms with van der Waals surface area (Å²) in [6, 6.07) is -3.02. The van der Waals surface area contributed by atoms with Gasteiger partial charge < -0.3 is 4.74 Å². The number of ether oxygens (including phenoxy) is 1. The third-order valence-corrected chi connectivity index (χ3v) is 1.13. The minimum absolute atomic E-state index is 2.40. The normalized spacial score (nSPS) is 15.1. The van der Waals surface area contributed by atoms with Crippen molar-refractivity contribution in [1.82, 2.24) is 0 Å². The molecule has 10 heteroatoms. The van der Waals surface area contributed by atoms with Gasteiger partial charge in [0.05, 0.1) is 0 Å². The van der Waals surface area contributed by atoms with Crippen LogP contribution in [-0.2, 0) is 4.74 Å². The van der Waals surface area contributed by atoms with E-state index < -0.39 is 37.0 Å². The van der Waals surface area contributed by atoms with Crippen molar-refractivity contribution in [3.05, 3.63) is 11.8 Å². The Kier molecular flexibility index (Phi) is 4.50. The lowest BCUT2D eigenvalue weighted by molar-refractivity contribution is -0.166. The van der Waals surface area contributed by atoms with Crippen LogP contribution in [0, 0.1) is 0 Å². The molecule has 0 aromatic rings. The van der Waals surface area contributed by atoms with Gasteiger partial charge in [0.2, 0.25) is 0 Å². The Morgan fingerprint density at radius 1 is 1.00 bits per heavy atom. The molecule has 0 aromatic carbocycles. The largest absolute Gasteiger partial charge is 0.462 e. The van der Waals surface area contributed by atoms with Crippen LogP contribution in [0.15, 0.2) is 11.8 Å². The molecule has 0 saturated carbocycles. The molecule has 0 fully saturated rings. The van der Waals surface area contributed by atoms with Gasteiger partial charge in [-0.15, -0.1) is 0 Å². The second-order valence-corrected chi connectivity index (χ2v) is 2.44. The molecule has 0 saturated heterocycles. The van der Waals surface area contributed by atoms with Crippen LogP contribution in [-0.4, -0.2) is 25.1 Å². The molecule has 0 unspecified atom stereocenters. The highest BCUT2D eigenvalue weighted by molar-refractivity contribution is 5.00. The lowest BCUT2D eigenvalue weighted by atomic mass is 10.4. The molecular weight excluding hydrogens is 259 g/mol. The number of hydrogen-bond acceptors (Lipinski definition) is 1. The molecule has 0 N–H and O–H groups in total. The summed E-state index contributed by atoms with van der Waals surface area (Å²) >= 11 is 0. The highest BCUT2D eigenvalue weighted by Gasteiger charge is 2.44. The van der Waals surface area contributed by atoms with Gasteiger partial charge in [0, 0.05) is 0 Å². The van der Waals surface area contributed by atoms with Gasteiger partial charge in [-0.2, -0.15) is 30.7 Å². The SMILES string of the molecule is F/C(OCC(F)(F)C(F)F)=C(/F)C(F)(F)F. The van der Waals surface area contributed by atoms with Crippen molar-refractivity contribution in [3.8, 4) is 0 Å². The van der Waals surface area contributed by atoms with E-state index in [-0.39, 0.29) is 0 Å². The fourth-order valence-electron chi connectivity index (χ4n) is 0.397. The van der Waals surface area contributed by atoms with E-state index in [2.05, 4.69) is 4.74 Å². The van der Waals surface area contributed by atoms with Crippen molar-refractivity contribution in [1.29, 1.82) is 0 Å². The fraction of sp³-hybridized carbons (Fsp3) is 0.667. The first-order valence-corrected chi connectivity index (χ1v) is 3.39. The van der Waals surface area contributed by atoms with Gasteiger partial charge >= 0.3 is 24.5 Å². The van der Waals surface area contributed by atoms with Gasteiger partial charge in [0.1, 0.15) is 0 Å². The third kappa shape index (κ3) is 4.19. The van der Waals surface area contributed by atoms with Crippen LogP contribution in [0.1, 0.15) is 0 Å². The zero-order chi connectivity index (χ0) is 13.1. The average Bonchev–Trinajstić information content (AvgIpc) is 2.11. The molecule has 1 nitrogen and oxygen atoms in total. The van der Waals surface area contributed by atoms with Crippen LogP contribution in [0.5, 0.6) is 0 Å². The van der Waals surface area contributed by atoms with E-state index in [0.717, 1.165) is 0 Å². The molecule has 0 spiro atoms. The van der Waals surface area contributed by atoms with Crippen LogP contribution >= 0.6 is 0 Å². The summed E-state index contributed by atoms with van der Waals surface area (Å²) in [5.41, 5.74) is 0. The summed E-state index contributed by atoms with van der Waals surface area (Å²) in [5, 5.41) is 0. The summed E-state index contributed by atoms with van der Waals surface area (Å²) in [4.78, 5) is 0. The number of hydrogen-bond donors (Lipinski definition) is 0. The maximum Gasteiger partial charge on any atom is 0.449 e. The van der Waals surface area contributed by atoms with E-state index in [0.29, 0.717) is 0 Å². The summed E-state index contributed by atoms with van der Waals surface area (Å²) in [6.07, 6.45) is -10.0. The number of allylic oxidation sites excluding steroid dienone is 1. The van der Waals surface area contributed by atoms with Crippen LogP contribution in [0.25, 0.3) is 0 Å². The minimum atomic E-state index is -5.77. The first-order chi connectivity index (χ1) is 6.98. The first kappa shape index (κ1) is 14.9. The van der Waals surface area contributed by atoms with E-state index >= 15 is 0 Å². The Balaban J connectivity index is 4.55. The van der Waals surface area contributed by atoms with E-state index in [4.69, 9.17) is 0 Å². The summed E-state index contributed by atoms with van der Waals surface area (Å²) < 4.78 is 108. The smallest absolute Gasteiger partial charge is 0.449 e. The van der Waals surface area contributed by atoms with Gasteiger partial charge in [0.15, 0.2) is 6.61 Å². The van der Waals surface area contributed by atoms with E-state index in [1.54, 1.807) is 0 Å². The molecule has 16 heavy (non-hydrogen) atoms. The van der Waals surface area contributed by atoms with Gasteiger partial charge in [-0.05, 0) is 0 Å². The maximum absolute atomic E-state index is 12.1. The minimum Gasteiger partial charge on any atom is -0.462 e. The Bertz CT molecular complexity index is 266. The maximum atomic E-state index is 12.1. The van der Waals surface area contributed by atoms with Crippen LogP contribution in [0.4, 0.5) is 39.5 Å². The Morgan fingerprint density at radius 3 is 1.75 bits per heavy atom. The zero-order valence-corrected chi connectivity index (χ0v) is 7.09. The standard InChI is InChI=1S/C6H3F9O/c7-2(6(13,14)15)3(8)16-1-5(11,12)4(9)10/h4H,1H2/b3-2-. The molecule has 0 aliphatic heterocycles. The van der Waals surface area contributed by atoms with E-state index in [1.807, 2.05) is 0 Å². The lowest BCUT2D eigenvalue weighted by Crippen LogP contribution is -2.32. The van der Waals surface area contributed by atoms with Gasteiger partial charge in [-0.3, -0.25) is 0 Å². The van der Waals surface area contributed by atoms with E-state index in [1.165, 1.54) is 0 Å². The summed E-state index contributed by atoms with van der Waals surface area (Å²) in [5.74, 6) is -8.28. The molecule has 96 valence electrons. The van der Waals surface area contributed by atoms with E-state index in [9.17, 15) is 39.5 Å². The van der Waals surface area contributed by atoms with Crippen molar-refractivity contribution in [2.45, 2.75) is 18.5 Å². The predicted octanol–water partition coefficient (Wildman–Crippen LogP) is 3.57. The topological polar surface area (TPSA) is 9.23 Å². The summed E-state index contributed by atoms with van der Waals surface area (Å²) in [7, 11) is 0. The fourth-order valence-corrected chi connectivity index (χ4v) is 0.397. The van der Waals surface area contributed by atoms with Crippen molar-refractivity contribution >= 4 is 0 Å². The third-order valence-electron chi connectivity index (χ3n) is 1.13. The second kappa shape index (κ2) is 4.83. The number of rotatable bonds is 4. The van der Waals surface area contributed by atoms with Gasteiger partial charge in [-0.1, -0.05) is 0 Å². The molecule has 0 aromatic heterocycles. The van der Waals surface area contributed by atoms with Crippen LogP contribution in [0.3, 0.4) is 0 Å². The molecular formula is C6H3F9O. The van der Waals surface area contributed by atoms with Crippen molar-refractivity contribution in [3.63, 3.8) is 0 Å². The van der Waals surface area contributed by atoms with Crippen molar-refractivity contribution in [2.24, 2.45) is 0 Å². The molecule has 0 aliphatic carbocycles. The monoisotopic (exact) mass is 262 g/mol. The van der Waals surface area contributed by atoms with Crippen molar-refractivity contribution in [2.75, 3.05) is 6.61 Å². The average molecular weight is 262 g/mol. The molecule has 0 heterocycles. The highest BCUT2D eigenvalue weighted by atomic mass is 19.4. The molecule has 0 aliphatic rings. The first-order valence-electron chi connectivity index (χ1n) is 3.39. The van der Waals surface area contributed by atoms with Crippen molar-refractivity contribution < 1.29 is 44.3 Å². The molecule has 0 atom stereocenters. The molecule has 0 rings (SSSR count). The zero-order valence-electron chi connectivity index (χ0n) is 7.09. The predicted molar refractivity (Wildman–Crippen MR) is 32.2 cm³/mol. The van der Waals surface area contributed by atoms with Crippen LogP contribution < -0.4 is 0 Å².